The van der Waals surface area contributed by atoms with E-state index in [2.05, 4.69) is 22.2 Å². The third kappa shape index (κ3) is 5.65. The van der Waals surface area contributed by atoms with E-state index >= 15 is 0 Å². The van der Waals surface area contributed by atoms with E-state index in [4.69, 9.17) is 0 Å². The molecule has 9 heteroatoms. The largest absolute Gasteiger partial charge is 0.383 e. The first kappa shape index (κ1) is 19.6. The molecule has 1 heterocycles. The quantitative estimate of drug-likeness (QED) is 0.573. The lowest BCUT2D eigenvalue weighted by Crippen LogP contribution is -2.45. The number of nitrogens with zero attached hydrogens (tertiary/aromatic N) is 3. The van der Waals surface area contributed by atoms with Gasteiger partial charge in [0.15, 0.2) is 9.84 Å². The van der Waals surface area contributed by atoms with Gasteiger partial charge in [0.2, 0.25) is 0 Å². The number of hydrogen-bond donors (Lipinski definition) is 1. The van der Waals surface area contributed by atoms with Crippen LogP contribution in [0.15, 0.2) is 23.1 Å². The summed E-state index contributed by atoms with van der Waals surface area (Å²) in [7, 11) is -1.55. The molecule has 1 saturated heterocycles. The smallest absolute Gasteiger partial charge is 0.288 e. The van der Waals surface area contributed by atoms with Crippen molar-refractivity contribution >= 4 is 21.2 Å². The van der Waals surface area contributed by atoms with Crippen LogP contribution in [0.5, 0.6) is 0 Å². The van der Waals surface area contributed by atoms with Crippen molar-refractivity contribution in [2.75, 3.05) is 51.3 Å². The highest BCUT2D eigenvalue weighted by Gasteiger charge is 2.23. The zero-order chi connectivity index (χ0) is 18.6. The molecular weight excluding hydrogens is 344 g/mol. The van der Waals surface area contributed by atoms with Crippen LogP contribution in [0.2, 0.25) is 0 Å². The highest BCUT2D eigenvalue weighted by atomic mass is 32.2. The number of benzene rings is 1. The van der Waals surface area contributed by atoms with Crippen molar-refractivity contribution in [3.8, 4) is 0 Å². The Morgan fingerprint density at radius 3 is 2.48 bits per heavy atom. The normalized spacial score (nSPS) is 18.0. The van der Waals surface area contributed by atoms with E-state index in [-0.39, 0.29) is 10.9 Å². The van der Waals surface area contributed by atoms with Crippen molar-refractivity contribution in [2.45, 2.75) is 24.3 Å². The Hall–Kier alpha value is -1.71. The Morgan fingerprint density at radius 1 is 1.28 bits per heavy atom. The molecule has 2 rings (SSSR count). The topological polar surface area (TPSA) is 95.8 Å². The van der Waals surface area contributed by atoms with E-state index < -0.39 is 20.4 Å². The van der Waals surface area contributed by atoms with Gasteiger partial charge in [-0.2, -0.15) is 0 Å². The third-order valence-electron chi connectivity index (χ3n) is 4.44. The van der Waals surface area contributed by atoms with Gasteiger partial charge in [0, 0.05) is 56.8 Å². The summed E-state index contributed by atoms with van der Waals surface area (Å²) < 4.78 is 23.6. The van der Waals surface area contributed by atoms with E-state index in [9.17, 15) is 18.5 Å². The zero-order valence-electron chi connectivity index (χ0n) is 14.9. The molecule has 1 unspecified atom stereocenters. The van der Waals surface area contributed by atoms with Crippen molar-refractivity contribution in [1.29, 1.82) is 0 Å². The lowest BCUT2D eigenvalue weighted by Gasteiger charge is -2.33. The number of rotatable bonds is 7. The number of piperazine rings is 1. The first-order valence-corrected chi connectivity index (χ1v) is 10.2. The van der Waals surface area contributed by atoms with E-state index in [1.54, 1.807) is 6.07 Å². The highest BCUT2D eigenvalue weighted by Crippen LogP contribution is 2.27. The van der Waals surface area contributed by atoms with Gasteiger partial charge in [0.05, 0.1) is 4.92 Å². The molecule has 25 heavy (non-hydrogen) atoms. The molecule has 1 aliphatic rings. The Bertz CT molecular complexity index is 715. The minimum absolute atomic E-state index is 0.133. The fourth-order valence-electron chi connectivity index (χ4n) is 2.86. The van der Waals surface area contributed by atoms with Crippen LogP contribution >= 0.6 is 0 Å². The second-order valence-corrected chi connectivity index (χ2v) is 8.67. The lowest BCUT2D eigenvalue weighted by molar-refractivity contribution is -0.387. The first-order chi connectivity index (χ1) is 11.7. The second-order valence-electron chi connectivity index (χ2n) is 6.69. The molecule has 0 bridgehead atoms. The van der Waals surface area contributed by atoms with Crippen LogP contribution in [0, 0.1) is 10.1 Å². The Labute approximate surface area is 148 Å². The molecule has 140 valence electrons. The fraction of sp³-hybridized carbons (Fsp3) is 0.625. The highest BCUT2D eigenvalue weighted by molar-refractivity contribution is 7.90. The van der Waals surface area contributed by atoms with Crippen molar-refractivity contribution < 1.29 is 13.3 Å². The summed E-state index contributed by atoms with van der Waals surface area (Å²) in [6.07, 6.45) is 1.89. The van der Waals surface area contributed by atoms with Crippen LogP contribution in [0.1, 0.15) is 13.3 Å². The van der Waals surface area contributed by atoms with E-state index in [0.717, 1.165) is 45.4 Å². The second kappa shape index (κ2) is 8.11. The maximum atomic E-state index is 11.8. The molecule has 1 N–H and O–H groups in total. The Balaban J connectivity index is 1.98. The molecule has 0 amide bonds. The molecule has 1 aromatic carbocycles. The summed E-state index contributed by atoms with van der Waals surface area (Å²) in [5.74, 6) is 0. The summed E-state index contributed by atoms with van der Waals surface area (Å²) in [5.41, 5.74) is 0.190. The van der Waals surface area contributed by atoms with Gasteiger partial charge >= 0.3 is 0 Å². The minimum atomic E-state index is -3.67. The number of sulfone groups is 1. The Kier molecular flexibility index (Phi) is 6.36. The van der Waals surface area contributed by atoms with E-state index in [1.165, 1.54) is 12.1 Å². The molecule has 1 aliphatic heterocycles. The number of anilines is 1. The standard InChI is InChI=1S/C16H26N4O4S/c1-13(6-7-19-10-8-18(2)9-11-19)17-14-4-5-15(20(21)22)16(12-14)25(3,23)24/h4-5,12-13,17H,6-11H2,1-3H3. The molecule has 1 fully saturated rings. The summed E-state index contributed by atoms with van der Waals surface area (Å²) in [6, 6.07) is 4.28. The molecule has 0 spiro atoms. The Morgan fingerprint density at radius 2 is 1.92 bits per heavy atom. The van der Waals surface area contributed by atoms with Crippen LogP contribution < -0.4 is 5.32 Å². The molecule has 0 saturated carbocycles. The number of hydrogen-bond acceptors (Lipinski definition) is 7. The first-order valence-electron chi connectivity index (χ1n) is 8.33. The molecular formula is C16H26N4O4S. The molecule has 8 nitrogen and oxygen atoms in total. The van der Waals surface area contributed by atoms with Gasteiger partial charge in [-0.25, -0.2) is 8.42 Å². The minimum Gasteiger partial charge on any atom is -0.383 e. The van der Waals surface area contributed by atoms with Crippen LogP contribution in [0.4, 0.5) is 11.4 Å². The van der Waals surface area contributed by atoms with E-state index in [1.807, 2.05) is 6.92 Å². The predicted molar refractivity (Wildman–Crippen MR) is 97.8 cm³/mol. The molecule has 0 aliphatic carbocycles. The van der Waals surface area contributed by atoms with Gasteiger partial charge in [0.25, 0.3) is 5.69 Å². The SMILES string of the molecule is CC(CCN1CCN(C)CC1)Nc1ccc([N+](=O)[O-])c(S(C)(=O)=O)c1. The number of nitro benzene ring substituents is 1. The van der Waals surface area contributed by atoms with E-state index in [0.29, 0.717) is 5.69 Å². The van der Waals surface area contributed by atoms with Crippen LogP contribution in [0.25, 0.3) is 0 Å². The summed E-state index contributed by atoms with van der Waals surface area (Å²) in [5, 5.41) is 14.3. The van der Waals surface area contributed by atoms with Gasteiger partial charge in [-0.1, -0.05) is 0 Å². The number of nitro groups is 1. The van der Waals surface area contributed by atoms with Crippen molar-refractivity contribution in [2.24, 2.45) is 0 Å². The van der Waals surface area contributed by atoms with Crippen LogP contribution in [0.3, 0.4) is 0 Å². The lowest BCUT2D eigenvalue weighted by atomic mass is 10.2. The molecule has 0 radical (unpaired) electrons. The van der Waals surface area contributed by atoms with Gasteiger partial charge in [-0.05, 0) is 32.5 Å². The molecule has 1 atom stereocenters. The van der Waals surface area contributed by atoms with Gasteiger partial charge in [-0.3, -0.25) is 10.1 Å². The molecule has 0 aromatic heterocycles. The molecule has 1 aromatic rings. The van der Waals surface area contributed by atoms with Crippen molar-refractivity contribution in [1.82, 2.24) is 9.80 Å². The van der Waals surface area contributed by atoms with Crippen molar-refractivity contribution in [3.05, 3.63) is 28.3 Å². The van der Waals surface area contributed by atoms with Crippen LogP contribution in [-0.4, -0.2) is 75.2 Å². The number of likely N-dealkylation sites (N-methyl/N-ethyl adjacent to an activating group) is 1. The summed E-state index contributed by atoms with van der Waals surface area (Å²) >= 11 is 0. The summed E-state index contributed by atoms with van der Waals surface area (Å²) in [6.45, 7) is 7.24. The average molecular weight is 370 g/mol. The van der Waals surface area contributed by atoms with Gasteiger partial charge in [0.1, 0.15) is 4.90 Å². The predicted octanol–water partition coefficient (Wildman–Crippen LogP) is 1.44. The monoisotopic (exact) mass is 370 g/mol. The van der Waals surface area contributed by atoms with Crippen molar-refractivity contribution in [3.63, 3.8) is 0 Å². The van der Waals surface area contributed by atoms with Gasteiger partial charge in [-0.15, -0.1) is 0 Å². The van der Waals surface area contributed by atoms with Crippen LogP contribution in [-0.2, 0) is 9.84 Å². The fourth-order valence-corrected chi connectivity index (χ4v) is 3.72. The number of nitrogens with one attached hydrogen (secondary N) is 1. The summed E-state index contributed by atoms with van der Waals surface area (Å²) in [4.78, 5) is 14.8. The average Bonchev–Trinajstić information content (AvgIpc) is 2.53. The third-order valence-corrected chi connectivity index (χ3v) is 5.57. The zero-order valence-corrected chi connectivity index (χ0v) is 15.8. The maximum absolute atomic E-state index is 11.8. The maximum Gasteiger partial charge on any atom is 0.288 e. The van der Waals surface area contributed by atoms with Gasteiger partial charge < -0.3 is 15.1 Å².